The number of carbonyl (C=O) groups is 2. The van der Waals surface area contributed by atoms with Crippen LogP contribution in [0.2, 0.25) is 0 Å². The van der Waals surface area contributed by atoms with E-state index in [2.05, 4.69) is 33.6 Å². The van der Waals surface area contributed by atoms with Crippen LogP contribution in [0, 0.1) is 15.4 Å². The Bertz CT molecular complexity index is 824. The molecule has 0 saturated carbocycles. The highest BCUT2D eigenvalue weighted by Gasteiger charge is 2.36. The molecular formula is C20H22IN3O3. The van der Waals surface area contributed by atoms with Crippen LogP contribution in [0.5, 0.6) is 0 Å². The Balaban J connectivity index is 1.40. The van der Waals surface area contributed by atoms with Crippen molar-refractivity contribution >= 4 is 40.1 Å². The van der Waals surface area contributed by atoms with Crippen LogP contribution < -0.4 is 4.90 Å². The van der Waals surface area contributed by atoms with Gasteiger partial charge in [0.1, 0.15) is 6.26 Å². The van der Waals surface area contributed by atoms with Gasteiger partial charge >= 0.3 is 5.91 Å². The molecule has 1 aromatic heterocycles. The van der Waals surface area contributed by atoms with Crippen molar-refractivity contribution in [3.8, 4) is 0 Å². The number of oxazole rings is 1. The maximum absolute atomic E-state index is 12.6. The normalized spacial score (nSPS) is 23.5. The topological polar surface area (TPSA) is 66.7 Å². The summed E-state index contributed by atoms with van der Waals surface area (Å²) in [5, 5.41) is 0. The summed E-state index contributed by atoms with van der Waals surface area (Å²) in [6, 6.07) is 8.10. The zero-order valence-corrected chi connectivity index (χ0v) is 17.2. The summed E-state index contributed by atoms with van der Waals surface area (Å²) >= 11 is 2.28. The molecule has 0 radical (unpaired) electrons. The van der Waals surface area contributed by atoms with Gasteiger partial charge in [-0.1, -0.05) is 6.07 Å². The Morgan fingerprint density at radius 1 is 1.22 bits per heavy atom. The lowest BCUT2D eigenvalue weighted by Crippen LogP contribution is -2.32. The molecule has 0 N–H and O–H groups in total. The average molecular weight is 479 g/mol. The second kappa shape index (κ2) is 8.00. The first kappa shape index (κ1) is 18.5. The van der Waals surface area contributed by atoms with Gasteiger partial charge in [-0.3, -0.25) is 9.59 Å². The maximum Gasteiger partial charge on any atom is 0.309 e. The number of aromatic nitrogens is 1. The van der Waals surface area contributed by atoms with Crippen molar-refractivity contribution in [2.75, 3.05) is 24.5 Å². The second-order valence-corrected chi connectivity index (χ2v) is 8.51. The Morgan fingerprint density at radius 3 is 2.89 bits per heavy atom. The largest absolute Gasteiger partial charge is 0.441 e. The lowest BCUT2D eigenvalue weighted by Gasteiger charge is -2.23. The summed E-state index contributed by atoms with van der Waals surface area (Å²) in [7, 11) is 0. The molecule has 2 aromatic rings. The highest BCUT2D eigenvalue weighted by Crippen LogP contribution is 2.35. The van der Waals surface area contributed by atoms with Gasteiger partial charge in [-0.05, 0) is 71.9 Å². The molecule has 2 aliphatic heterocycles. The van der Waals surface area contributed by atoms with E-state index in [1.807, 2.05) is 28.0 Å². The quantitative estimate of drug-likeness (QED) is 0.632. The third-order valence-corrected chi connectivity index (χ3v) is 6.29. The zero-order chi connectivity index (χ0) is 18.8. The first-order valence-corrected chi connectivity index (χ1v) is 10.4. The standard InChI is InChI=1S/C20H22IN3O3/c21-16-4-1-5-17(12-16)24-13-15(11-18(24)25)14-3-2-8-23(9-6-14)20(26)19-22-7-10-27-19/h1,4-5,7,10,12,14-15H,2-3,6,8-9,11,13H2. The summed E-state index contributed by atoms with van der Waals surface area (Å²) < 4.78 is 6.28. The van der Waals surface area contributed by atoms with Crippen molar-refractivity contribution in [3.63, 3.8) is 0 Å². The summed E-state index contributed by atoms with van der Waals surface area (Å²) in [4.78, 5) is 32.8. The van der Waals surface area contributed by atoms with Gasteiger partial charge in [-0.25, -0.2) is 4.98 Å². The van der Waals surface area contributed by atoms with Crippen LogP contribution in [0.25, 0.3) is 0 Å². The van der Waals surface area contributed by atoms with E-state index in [1.165, 1.54) is 12.5 Å². The molecule has 2 fully saturated rings. The third kappa shape index (κ3) is 4.02. The molecule has 0 spiro atoms. The number of nitrogens with zero attached hydrogens (tertiary/aromatic N) is 3. The van der Waals surface area contributed by atoms with Crippen molar-refractivity contribution < 1.29 is 14.0 Å². The molecule has 6 nitrogen and oxygen atoms in total. The van der Waals surface area contributed by atoms with E-state index >= 15 is 0 Å². The molecule has 0 bridgehead atoms. The number of benzene rings is 1. The number of amides is 2. The number of rotatable bonds is 3. The lowest BCUT2D eigenvalue weighted by atomic mass is 9.86. The molecule has 1 aromatic carbocycles. The Morgan fingerprint density at radius 2 is 2.11 bits per heavy atom. The highest BCUT2D eigenvalue weighted by molar-refractivity contribution is 14.1. The minimum atomic E-state index is -0.136. The fraction of sp³-hybridized carbons (Fsp3) is 0.450. The van der Waals surface area contributed by atoms with Crippen molar-refractivity contribution in [1.29, 1.82) is 0 Å². The fourth-order valence-electron chi connectivity index (χ4n) is 4.21. The van der Waals surface area contributed by atoms with E-state index in [0.717, 1.165) is 41.6 Å². The van der Waals surface area contributed by atoms with E-state index < -0.39 is 0 Å². The number of carbonyl (C=O) groups excluding carboxylic acids is 2. The molecular weight excluding hydrogens is 457 g/mol. The van der Waals surface area contributed by atoms with Crippen molar-refractivity contribution in [3.05, 3.63) is 46.2 Å². The molecule has 7 heteroatoms. The SMILES string of the molecule is O=C(c1ncco1)N1CCCC(C2CC(=O)N(c3cccc(I)c3)C2)CC1. The monoisotopic (exact) mass is 479 g/mol. The first-order valence-electron chi connectivity index (χ1n) is 9.36. The van der Waals surface area contributed by atoms with Gasteiger partial charge in [-0.2, -0.15) is 0 Å². The fourth-order valence-corrected chi connectivity index (χ4v) is 4.73. The Hall–Kier alpha value is -1.90. The summed E-state index contributed by atoms with van der Waals surface area (Å²) in [5.41, 5.74) is 0.990. The van der Waals surface area contributed by atoms with Gasteiger partial charge in [-0.15, -0.1) is 0 Å². The van der Waals surface area contributed by atoms with E-state index in [-0.39, 0.29) is 17.7 Å². The summed E-state index contributed by atoms with van der Waals surface area (Å²) in [6.07, 6.45) is 6.45. The predicted molar refractivity (Wildman–Crippen MR) is 109 cm³/mol. The molecule has 2 amide bonds. The van der Waals surface area contributed by atoms with Crippen LogP contribution in [0.1, 0.15) is 36.4 Å². The van der Waals surface area contributed by atoms with Gasteiger partial charge in [0.2, 0.25) is 5.91 Å². The van der Waals surface area contributed by atoms with E-state index in [4.69, 9.17) is 4.42 Å². The highest BCUT2D eigenvalue weighted by atomic mass is 127. The lowest BCUT2D eigenvalue weighted by molar-refractivity contribution is -0.117. The molecule has 142 valence electrons. The minimum absolute atomic E-state index is 0.136. The van der Waals surface area contributed by atoms with Crippen LogP contribution >= 0.6 is 22.6 Å². The van der Waals surface area contributed by atoms with Gasteiger partial charge in [0.25, 0.3) is 5.89 Å². The van der Waals surface area contributed by atoms with E-state index in [0.29, 0.717) is 24.8 Å². The van der Waals surface area contributed by atoms with Crippen molar-refractivity contribution in [2.45, 2.75) is 25.7 Å². The Kier molecular flexibility index (Phi) is 5.47. The van der Waals surface area contributed by atoms with E-state index in [9.17, 15) is 9.59 Å². The minimum Gasteiger partial charge on any atom is -0.441 e. The van der Waals surface area contributed by atoms with Gasteiger partial charge < -0.3 is 14.2 Å². The molecule has 27 heavy (non-hydrogen) atoms. The van der Waals surface area contributed by atoms with Crippen LogP contribution in [0.15, 0.2) is 41.1 Å². The third-order valence-electron chi connectivity index (χ3n) is 5.62. The number of anilines is 1. The number of halogens is 1. The maximum atomic E-state index is 12.6. The number of hydrogen-bond donors (Lipinski definition) is 0. The van der Waals surface area contributed by atoms with Crippen LogP contribution in [0.3, 0.4) is 0 Å². The first-order chi connectivity index (χ1) is 13.1. The summed E-state index contributed by atoms with van der Waals surface area (Å²) in [5.74, 6) is 1.05. The molecule has 4 rings (SSSR count). The molecule has 0 aliphatic carbocycles. The number of hydrogen-bond acceptors (Lipinski definition) is 4. The van der Waals surface area contributed by atoms with Crippen molar-refractivity contribution in [1.82, 2.24) is 9.88 Å². The molecule has 2 atom stereocenters. The van der Waals surface area contributed by atoms with Crippen molar-refractivity contribution in [2.24, 2.45) is 11.8 Å². The average Bonchev–Trinajstić information content (AvgIpc) is 3.26. The van der Waals surface area contributed by atoms with Gasteiger partial charge in [0.05, 0.1) is 6.20 Å². The van der Waals surface area contributed by atoms with Gasteiger partial charge in [0.15, 0.2) is 0 Å². The van der Waals surface area contributed by atoms with Gasteiger partial charge in [0, 0.05) is 35.3 Å². The summed E-state index contributed by atoms with van der Waals surface area (Å²) in [6.45, 7) is 2.19. The molecule has 3 heterocycles. The van der Waals surface area contributed by atoms with Crippen LogP contribution in [-0.2, 0) is 4.79 Å². The zero-order valence-electron chi connectivity index (χ0n) is 15.0. The molecule has 2 saturated heterocycles. The molecule has 2 unspecified atom stereocenters. The molecule has 2 aliphatic rings. The smallest absolute Gasteiger partial charge is 0.309 e. The van der Waals surface area contributed by atoms with Crippen LogP contribution in [-0.4, -0.2) is 41.3 Å². The van der Waals surface area contributed by atoms with E-state index in [1.54, 1.807) is 0 Å². The Labute approximate surface area is 172 Å². The second-order valence-electron chi connectivity index (χ2n) is 7.27. The van der Waals surface area contributed by atoms with Crippen LogP contribution in [0.4, 0.5) is 5.69 Å². The predicted octanol–water partition coefficient (Wildman–Crippen LogP) is 3.57. The number of likely N-dealkylation sites (tertiary alicyclic amines) is 1.